The Balaban J connectivity index is 1.56. The number of rotatable bonds is 11. The van der Waals surface area contributed by atoms with E-state index in [0.29, 0.717) is 19.6 Å². The van der Waals surface area contributed by atoms with Crippen LogP contribution in [0.5, 0.6) is 5.75 Å². The van der Waals surface area contributed by atoms with E-state index in [0.717, 1.165) is 58.3 Å². The molecule has 1 aromatic heterocycles. The zero-order valence-corrected chi connectivity index (χ0v) is 18.8. The third kappa shape index (κ3) is 6.46. The summed E-state index contributed by atoms with van der Waals surface area (Å²) in [6, 6.07) is 16.3. The topological polar surface area (TPSA) is 64.2 Å². The second kappa shape index (κ2) is 11.6. The van der Waals surface area contributed by atoms with Gasteiger partial charge in [0, 0.05) is 22.9 Å². The Morgan fingerprint density at radius 2 is 1.83 bits per heavy atom. The van der Waals surface area contributed by atoms with E-state index >= 15 is 0 Å². The number of esters is 1. The number of para-hydroxylation sites is 1. The lowest BCUT2D eigenvalue weighted by molar-refractivity contribution is -0.143. The Morgan fingerprint density at radius 3 is 2.63 bits per heavy atom. The van der Waals surface area contributed by atoms with E-state index in [9.17, 15) is 4.79 Å². The predicted octanol–water partition coefficient (Wildman–Crippen LogP) is 5.93. The summed E-state index contributed by atoms with van der Waals surface area (Å²) in [5.74, 6) is 0.774. The highest BCUT2D eigenvalue weighted by atomic mass is 79.9. The number of hydrogen-bond acceptors (Lipinski definition) is 4. The molecule has 0 saturated heterocycles. The molecule has 0 spiro atoms. The molecular formula is C24H27BrN2O3. The van der Waals surface area contributed by atoms with Gasteiger partial charge in [-0.3, -0.25) is 9.89 Å². The van der Waals surface area contributed by atoms with Gasteiger partial charge in [0.15, 0.2) is 0 Å². The van der Waals surface area contributed by atoms with Gasteiger partial charge in [0.1, 0.15) is 5.75 Å². The van der Waals surface area contributed by atoms with Crippen molar-refractivity contribution in [3.63, 3.8) is 0 Å². The summed E-state index contributed by atoms with van der Waals surface area (Å²) < 4.78 is 12.0. The first-order chi connectivity index (χ1) is 14.7. The summed E-state index contributed by atoms with van der Waals surface area (Å²) in [6.45, 7) is 2.90. The summed E-state index contributed by atoms with van der Waals surface area (Å²) in [5, 5.41) is 7.38. The van der Waals surface area contributed by atoms with Gasteiger partial charge in [-0.25, -0.2) is 0 Å². The van der Waals surface area contributed by atoms with Crippen molar-refractivity contribution in [2.75, 3.05) is 13.2 Å². The van der Waals surface area contributed by atoms with Gasteiger partial charge in [-0.15, -0.1) is 0 Å². The molecule has 0 unspecified atom stereocenters. The molecule has 0 bridgehead atoms. The molecule has 3 aromatic rings. The Bertz CT molecular complexity index is 938. The van der Waals surface area contributed by atoms with Crippen molar-refractivity contribution in [3.8, 4) is 17.0 Å². The Hall–Kier alpha value is -2.60. The highest BCUT2D eigenvalue weighted by Crippen LogP contribution is 2.28. The van der Waals surface area contributed by atoms with E-state index in [4.69, 9.17) is 9.47 Å². The monoisotopic (exact) mass is 470 g/mol. The minimum absolute atomic E-state index is 0.120. The zero-order chi connectivity index (χ0) is 21.2. The molecule has 3 rings (SSSR count). The maximum atomic E-state index is 11.4. The first-order valence-corrected chi connectivity index (χ1v) is 11.1. The maximum Gasteiger partial charge on any atom is 0.305 e. The minimum atomic E-state index is -0.120. The van der Waals surface area contributed by atoms with Crippen molar-refractivity contribution in [1.29, 1.82) is 0 Å². The normalized spacial score (nSPS) is 10.7. The Kier molecular flexibility index (Phi) is 8.51. The van der Waals surface area contributed by atoms with Crippen LogP contribution in [-0.4, -0.2) is 29.4 Å². The van der Waals surface area contributed by atoms with Gasteiger partial charge in [0.2, 0.25) is 0 Å². The lowest BCUT2D eigenvalue weighted by Gasteiger charge is -2.12. The minimum Gasteiger partial charge on any atom is -0.493 e. The van der Waals surface area contributed by atoms with Crippen LogP contribution in [0, 0.1) is 0 Å². The second-order valence-corrected chi connectivity index (χ2v) is 7.94. The fraction of sp³-hybridized carbons (Fsp3) is 0.333. The standard InChI is InChI=1S/C24H27BrN2O3/c1-2-29-23(28)10-4-3-7-15-30-22-9-6-5-8-19(22)16-20-17-26-27-24(20)18-11-13-21(25)14-12-18/h5-6,8-9,11-14,17H,2-4,7,10,15-16H2,1H3,(H,26,27). The summed E-state index contributed by atoms with van der Waals surface area (Å²) >= 11 is 3.48. The number of aromatic amines is 1. The number of nitrogens with zero attached hydrogens (tertiary/aromatic N) is 1. The smallest absolute Gasteiger partial charge is 0.305 e. The summed E-state index contributed by atoms with van der Waals surface area (Å²) in [5.41, 5.74) is 4.38. The van der Waals surface area contributed by atoms with Crippen LogP contribution in [0.15, 0.2) is 59.2 Å². The zero-order valence-electron chi connectivity index (χ0n) is 17.2. The SMILES string of the molecule is CCOC(=O)CCCCCOc1ccccc1Cc1cn[nH]c1-c1ccc(Br)cc1. The number of halogens is 1. The number of carbonyl (C=O) groups is 1. The molecular weight excluding hydrogens is 444 g/mol. The van der Waals surface area contributed by atoms with E-state index < -0.39 is 0 Å². The first-order valence-electron chi connectivity index (χ1n) is 10.3. The number of carbonyl (C=O) groups excluding carboxylic acids is 1. The number of nitrogens with one attached hydrogen (secondary N) is 1. The van der Waals surface area contributed by atoms with Crippen LogP contribution in [0.1, 0.15) is 43.7 Å². The van der Waals surface area contributed by atoms with E-state index in [-0.39, 0.29) is 5.97 Å². The number of hydrogen-bond donors (Lipinski definition) is 1. The van der Waals surface area contributed by atoms with Crippen LogP contribution >= 0.6 is 15.9 Å². The third-order valence-electron chi connectivity index (χ3n) is 4.79. The molecule has 158 valence electrons. The van der Waals surface area contributed by atoms with Crippen molar-refractivity contribution in [2.24, 2.45) is 0 Å². The van der Waals surface area contributed by atoms with Gasteiger partial charge in [-0.2, -0.15) is 5.10 Å². The number of aromatic nitrogens is 2. The summed E-state index contributed by atoms with van der Waals surface area (Å²) in [6.07, 6.45) is 5.77. The molecule has 5 nitrogen and oxygen atoms in total. The molecule has 0 fully saturated rings. The van der Waals surface area contributed by atoms with Crippen LogP contribution in [0.2, 0.25) is 0 Å². The average molecular weight is 471 g/mol. The Morgan fingerprint density at radius 1 is 1.03 bits per heavy atom. The molecule has 6 heteroatoms. The van der Waals surface area contributed by atoms with E-state index in [1.54, 1.807) is 0 Å². The summed E-state index contributed by atoms with van der Waals surface area (Å²) in [7, 11) is 0. The quantitative estimate of drug-likeness (QED) is 0.278. The van der Waals surface area contributed by atoms with Gasteiger partial charge in [0.05, 0.1) is 25.1 Å². The third-order valence-corrected chi connectivity index (χ3v) is 5.32. The molecule has 0 radical (unpaired) electrons. The first kappa shape index (κ1) is 22.1. The van der Waals surface area contributed by atoms with Gasteiger partial charge in [0.25, 0.3) is 0 Å². The highest BCUT2D eigenvalue weighted by Gasteiger charge is 2.11. The molecule has 30 heavy (non-hydrogen) atoms. The van der Waals surface area contributed by atoms with Crippen LogP contribution in [-0.2, 0) is 16.0 Å². The lowest BCUT2D eigenvalue weighted by Crippen LogP contribution is -2.04. The van der Waals surface area contributed by atoms with Crippen molar-refractivity contribution in [1.82, 2.24) is 10.2 Å². The molecule has 0 aliphatic rings. The van der Waals surface area contributed by atoms with Gasteiger partial charge < -0.3 is 9.47 Å². The van der Waals surface area contributed by atoms with E-state index in [1.165, 1.54) is 0 Å². The molecule has 0 amide bonds. The lowest BCUT2D eigenvalue weighted by atomic mass is 10.0. The summed E-state index contributed by atoms with van der Waals surface area (Å²) in [4.78, 5) is 11.4. The van der Waals surface area contributed by atoms with Crippen LogP contribution < -0.4 is 4.74 Å². The van der Waals surface area contributed by atoms with Crippen molar-refractivity contribution >= 4 is 21.9 Å². The molecule has 1 heterocycles. The fourth-order valence-corrected chi connectivity index (χ4v) is 3.54. The number of ether oxygens (including phenoxy) is 2. The van der Waals surface area contributed by atoms with Crippen LogP contribution in [0.25, 0.3) is 11.3 Å². The predicted molar refractivity (Wildman–Crippen MR) is 122 cm³/mol. The number of H-pyrrole nitrogens is 1. The van der Waals surface area contributed by atoms with Crippen molar-refractivity contribution < 1.29 is 14.3 Å². The molecule has 0 aliphatic carbocycles. The molecule has 0 atom stereocenters. The largest absolute Gasteiger partial charge is 0.493 e. The van der Waals surface area contributed by atoms with Crippen LogP contribution in [0.4, 0.5) is 0 Å². The number of unbranched alkanes of at least 4 members (excludes halogenated alkanes) is 2. The highest BCUT2D eigenvalue weighted by molar-refractivity contribution is 9.10. The van der Waals surface area contributed by atoms with E-state index in [2.05, 4.69) is 44.3 Å². The number of benzene rings is 2. The van der Waals surface area contributed by atoms with Gasteiger partial charge >= 0.3 is 5.97 Å². The average Bonchev–Trinajstić information content (AvgIpc) is 3.20. The second-order valence-electron chi connectivity index (χ2n) is 7.03. The molecule has 1 N–H and O–H groups in total. The van der Waals surface area contributed by atoms with Crippen molar-refractivity contribution in [2.45, 2.75) is 39.0 Å². The van der Waals surface area contributed by atoms with Gasteiger partial charge in [-0.1, -0.05) is 46.3 Å². The maximum absolute atomic E-state index is 11.4. The van der Waals surface area contributed by atoms with E-state index in [1.807, 2.05) is 43.5 Å². The molecule has 0 saturated carbocycles. The van der Waals surface area contributed by atoms with Crippen LogP contribution in [0.3, 0.4) is 0 Å². The Labute approximate surface area is 185 Å². The van der Waals surface area contributed by atoms with Gasteiger partial charge in [-0.05, 0) is 55.5 Å². The molecule has 0 aliphatic heterocycles. The molecule has 2 aromatic carbocycles. The fourth-order valence-electron chi connectivity index (χ4n) is 3.27. The van der Waals surface area contributed by atoms with Crippen molar-refractivity contribution in [3.05, 3.63) is 70.3 Å².